The third-order valence-corrected chi connectivity index (χ3v) is 3.98. The molecule has 0 heterocycles. The maximum Gasteiger partial charge on any atom is 0.224 e. The van der Waals surface area contributed by atoms with Crippen LogP contribution in [0.5, 0.6) is 0 Å². The highest BCUT2D eigenvalue weighted by Crippen LogP contribution is 2.26. The van der Waals surface area contributed by atoms with Crippen molar-refractivity contribution in [3.05, 3.63) is 28.2 Å². The Morgan fingerprint density at radius 3 is 2.55 bits per heavy atom. The van der Waals surface area contributed by atoms with Crippen LogP contribution in [0, 0.1) is 11.8 Å². The number of amides is 1. The monoisotopic (exact) mass is 316 g/mol. The lowest BCUT2D eigenvalue weighted by atomic mass is 9.88. The van der Waals surface area contributed by atoms with Crippen molar-refractivity contribution in [2.24, 2.45) is 17.6 Å². The lowest BCUT2D eigenvalue weighted by Crippen LogP contribution is -2.18. The third kappa shape index (κ3) is 5.70. The first kappa shape index (κ1) is 17.3. The standard InChI is InChI=1S/C15H22Cl2N2O/c1-10(2)11(7-8-18)3-6-15(20)19-14-5-4-12(16)9-13(14)17/h4-5,9-11H,3,6-8,18H2,1-2H3,(H,19,20). The van der Waals surface area contributed by atoms with Gasteiger partial charge in [-0.3, -0.25) is 4.79 Å². The van der Waals surface area contributed by atoms with Gasteiger partial charge in [-0.05, 0) is 49.4 Å². The number of halogens is 2. The minimum Gasteiger partial charge on any atom is -0.330 e. The van der Waals surface area contributed by atoms with Gasteiger partial charge in [-0.15, -0.1) is 0 Å². The number of nitrogens with one attached hydrogen (secondary N) is 1. The highest BCUT2D eigenvalue weighted by atomic mass is 35.5. The molecule has 0 aliphatic heterocycles. The van der Waals surface area contributed by atoms with E-state index in [-0.39, 0.29) is 5.91 Å². The Morgan fingerprint density at radius 1 is 1.30 bits per heavy atom. The molecule has 1 rings (SSSR count). The molecule has 0 spiro atoms. The molecular formula is C15H22Cl2N2O. The number of hydrogen-bond donors (Lipinski definition) is 2. The van der Waals surface area contributed by atoms with Crippen molar-refractivity contribution in [3.8, 4) is 0 Å². The average molecular weight is 317 g/mol. The SMILES string of the molecule is CC(C)C(CCN)CCC(=O)Nc1ccc(Cl)cc1Cl. The number of rotatable bonds is 7. The summed E-state index contributed by atoms with van der Waals surface area (Å²) in [6, 6.07) is 5.03. The molecule has 3 nitrogen and oxygen atoms in total. The predicted molar refractivity (Wildman–Crippen MR) is 86.3 cm³/mol. The van der Waals surface area contributed by atoms with E-state index >= 15 is 0 Å². The summed E-state index contributed by atoms with van der Waals surface area (Å²) in [7, 11) is 0. The van der Waals surface area contributed by atoms with E-state index in [9.17, 15) is 4.79 Å². The Hall–Kier alpha value is -0.770. The van der Waals surface area contributed by atoms with Gasteiger partial charge >= 0.3 is 0 Å². The number of benzene rings is 1. The van der Waals surface area contributed by atoms with Crippen molar-refractivity contribution in [3.63, 3.8) is 0 Å². The molecular weight excluding hydrogens is 295 g/mol. The van der Waals surface area contributed by atoms with Crippen LogP contribution < -0.4 is 11.1 Å². The van der Waals surface area contributed by atoms with Crippen molar-refractivity contribution >= 4 is 34.8 Å². The molecule has 1 amide bonds. The first-order chi connectivity index (χ1) is 9.43. The highest BCUT2D eigenvalue weighted by Gasteiger charge is 2.15. The summed E-state index contributed by atoms with van der Waals surface area (Å²) in [6.07, 6.45) is 2.26. The van der Waals surface area contributed by atoms with Crippen LogP contribution in [0.2, 0.25) is 10.0 Å². The number of nitrogens with two attached hydrogens (primary N) is 1. The van der Waals surface area contributed by atoms with Gasteiger partial charge in [0.2, 0.25) is 5.91 Å². The minimum atomic E-state index is -0.0307. The molecule has 0 bridgehead atoms. The van der Waals surface area contributed by atoms with Crippen LogP contribution in [-0.2, 0) is 4.79 Å². The maximum absolute atomic E-state index is 11.9. The van der Waals surface area contributed by atoms with Crippen LogP contribution in [0.3, 0.4) is 0 Å². The van der Waals surface area contributed by atoms with E-state index < -0.39 is 0 Å². The Balaban J connectivity index is 2.51. The smallest absolute Gasteiger partial charge is 0.224 e. The Bertz CT molecular complexity index is 449. The summed E-state index contributed by atoms with van der Waals surface area (Å²) in [6.45, 7) is 4.98. The first-order valence-electron chi connectivity index (χ1n) is 6.89. The van der Waals surface area contributed by atoms with E-state index in [0.29, 0.717) is 40.5 Å². The molecule has 1 atom stereocenters. The summed E-state index contributed by atoms with van der Waals surface area (Å²) in [4.78, 5) is 11.9. The lowest BCUT2D eigenvalue weighted by molar-refractivity contribution is -0.116. The van der Waals surface area contributed by atoms with Gasteiger partial charge in [-0.1, -0.05) is 37.0 Å². The van der Waals surface area contributed by atoms with Crippen molar-refractivity contribution in [1.29, 1.82) is 0 Å². The van der Waals surface area contributed by atoms with Crippen molar-refractivity contribution in [2.75, 3.05) is 11.9 Å². The maximum atomic E-state index is 11.9. The van der Waals surface area contributed by atoms with Gasteiger partial charge in [-0.25, -0.2) is 0 Å². The quantitative estimate of drug-likeness (QED) is 0.786. The fraction of sp³-hybridized carbons (Fsp3) is 0.533. The molecule has 0 saturated heterocycles. The van der Waals surface area contributed by atoms with Gasteiger partial charge in [0.25, 0.3) is 0 Å². The molecule has 112 valence electrons. The van der Waals surface area contributed by atoms with Crippen LogP contribution in [0.25, 0.3) is 0 Å². The molecule has 0 aliphatic rings. The Labute approximate surface area is 130 Å². The number of carbonyl (C=O) groups excluding carboxylic acids is 1. The second-order valence-corrected chi connectivity index (χ2v) is 6.14. The zero-order valence-corrected chi connectivity index (χ0v) is 13.5. The van der Waals surface area contributed by atoms with Gasteiger partial charge in [-0.2, -0.15) is 0 Å². The lowest BCUT2D eigenvalue weighted by Gasteiger charge is -2.19. The largest absolute Gasteiger partial charge is 0.330 e. The summed E-state index contributed by atoms with van der Waals surface area (Å²) < 4.78 is 0. The predicted octanol–water partition coefficient (Wildman–Crippen LogP) is 4.33. The van der Waals surface area contributed by atoms with E-state index in [1.165, 1.54) is 0 Å². The topological polar surface area (TPSA) is 55.1 Å². The molecule has 1 unspecified atom stereocenters. The second-order valence-electron chi connectivity index (χ2n) is 5.29. The molecule has 0 fully saturated rings. The number of carbonyl (C=O) groups is 1. The van der Waals surface area contributed by atoms with Gasteiger partial charge in [0.15, 0.2) is 0 Å². The summed E-state index contributed by atoms with van der Waals surface area (Å²) in [5, 5.41) is 3.82. The van der Waals surface area contributed by atoms with Crippen LogP contribution in [0.1, 0.15) is 33.1 Å². The van der Waals surface area contributed by atoms with Gasteiger partial charge in [0.05, 0.1) is 10.7 Å². The zero-order chi connectivity index (χ0) is 15.1. The van der Waals surface area contributed by atoms with E-state index in [0.717, 1.165) is 12.8 Å². The van der Waals surface area contributed by atoms with Crippen LogP contribution in [0.15, 0.2) is 18.2 Å². The van der Waals surface area contributed by atoms with E-state index in [2.05, 4.69) is 19.2 Å². The van der Waals surface area contributed by atoms with Gasteiger partial charge in [0.1, 0.15) is 0 Å². The average Bonchev–Trinajstić information content (AvgIpc) is 2.37. The molecule has 1 aromatic carbocycles. The Kier molecular flexibility index (Phi) is 7.35. The van der Waals surface area contributed by atoms with E-state index in [1.807, 2.05) is 0 Å². The van der Waals surface area contributed by atoms with Gasteiger partial charge in [0, 0.05) is 11.4 Å². The van der Waals surface area contributed by atoms with Crippen molar-refractivity contribution < 1.29 is 4.79 Å². The third-order valence-electron chi connectivity index (χ3n) is 3.43. The minimum absolute atomic E-state index is 0.0307. The highest BCUT2D eigenvalue weighted by molar-refractivity contribution is 6.36. The molecule has 5 heteroatoms. The summed E-state index contributed by atoms with van der Waals surface area (Å²) >= 11 is 11.8. The molecule has 0 radical (unpaired) electrons. The zero-order valence-electron chi connectivity index (χ0n) is 12.0. The number of hydrogen-bond acceptors (Lipinski definition) is 2. The van der Waals surface area contributed by atoms with Crippen LogP contribution >= 0.6 is 23.2 Å². The van der Waals surface area contributed by atoms with E-state index in [1.54, 1.807) is 18.2 Å². The van der Waals surface area contributed by atoms with Gasteiger partial charge < -0.3 is 11.1 Å². The summed E-state index contributed by atoms with van der Waals surface area (Å²) in [5.41, 5.74) is 6.20. The fourth-order valence-corrected chi connectivity index (χ4v) is 2.60. The molecule has 0 saturated carbocycles. The van der Waals surface area contributed by atoms with E-state index in [4.69, 9.17) is 28.9 Å². The first-order valence-corrected chi connectivity index (χ1v) is 7.64. The van der Waals surface area contributed by atoms with Crippen molar-refractivity contribution in [2.45, 2.75) is 33.1 Å². The molecule has 3 N–H and O–H groups in total. The normalized spacial score (nSPS) is 12.5. The van der Waals surface area contributed by atoms with Crippen LogP contribution in [0.4, 0.5) is 5.69 Å². The number of anilines is 1. The summed E-state index contributed by atoms with van der Waals surface area (Å²) in [5.74, 6) is 0.980. The molecule has 20 heavy (non-hydrogen) atoms. The molecule has 0 aromatic heterocycles. The molecule has 1 aromatic rings. The van der Waals surface area contributed by atoms with Crippen molar-refractivity contribution in [1.82, 2.24) is 0 Å². The second kappa shape index (κ2) is 8.50. The fourth-order valence-electron chi connectivity index (χ4n) is 2.15. The Morgan fingerprint density at radius 2 is 2.00 bits per heavy atom. The molecule has 0 aliphatic carbocycles. The van der Waals surface area contributed by atoms with Crippen LogP contribution in [-0.4, -0.2) is 12.5 Å².